The van der Waals surface area contributed by atoms with Crippen LogP contribution in [0.3, 0.4) is 0 Å². The third-order valence-corrected chi connectivity index (χ3v) is 3.88. The Morgan fingerprint density at radius 2 is 2.00 bits per heavy atom. The van der Waals surface area contributed by atoms with Gasteiger partial charge in [0, 0.05) is 19.5 Å². The molecule has 1 heterocycles. The van der Waals surface area contributed by atoms with Crippen LogP contribution in [0.15, 0.2) is 24.3 Å². The highest BCUT2D eigenvalue weighted by Gasteiger charge is 2.38. The summed E-state index contributed by atoms with van der Waals surface area (Å²) in [6, 6.07) is 7.98. The lowest BCUT2D eigenvalue weighted by molar-refractivity contribution is -0.141. The third-order valence-electron chi connectivity index (χ3n) is 3.88. The molecule has 1 saturated heterocycles. The zero-order valence-electron chi connectivity index (χ0n) is 12.7. The van der Waals surface area contributed by atoms with Crippen molar-refractivity contribution < 1.29 is 14.7 Å². The van der Waals surface area contributed by atoms with E-state index in [4.69, 9.17) is 5.11 Å². The summed E-state index contributed by atoms with van der Waals surface area (Å²) in [5.74, 6) is -1.55. The van der Waals surface area contributed by atoms with Crippen LogP contribution in [0.1, 0.15) is 23.6 Å². The molecule has 0 spiro atoms. The van der Waals surface area contributed by atoms with Crippen LogP contribution < -0.4 is 0 Å². The molecular formula is C16H22N2O3. The van der Waals surface area contributed by atoms with Gasteiger partial charge in [-0.1, -0.05) is 29.8 Å². The normalized spacial score (nSPS) is 20.1. The number of hydrogen-bond donors (Lipinski definition) is 1. The molecule has 0 saturated carbocycles. The standard InChI is InChI=1S/C16H22N2O3/c1-11-4-6-12(7-5-11)14(10-17(2)3)18-9-13(16(20)21)8-15(18)19/h4-7,13-14H,8-10H2,1-3H3,(H,20,21). The number of amides is 1. The molecule has 0 radical (unpaired) electrons. The Balaban J connectivity index is 2.26. The number of likely N-dealkylation sites (tertiary alicyclic amines) is 1. The summed E-state index contributed by atoms with van der Waals surface area (Å²) < 4.78 is 0. The molecule has 5 heteroatoms. The minimum absolute atomic E-state index is 0.0742. The van der Waals surface area contributed by atoms with E-state index >= 15 is 0 Å². The lowest BCUT2D eigenvalue weighted by Crippen LogP contribution is -2.37. The molecule has 2 rings (SSSR count). The van der Waals surface area contributed by atoms with Gasteiger partial charge in [-0.05, 0) is 26.6 Å². The van der Waals surface area contributed by atoms with Gasteiger partial charge in [0.2, 0.25) is 5.91 Å². The highest BCUT2D eigenvalue weighted by atomic mass is 16.4. The predicted octanol–water partition coefficient (Wildman–Crippen LogP) is 1.53. The Bertz CT molecular complexity index is 525. The second-order valence-corrected chi connectivity index (χ2v) is 5.97. The molecule has 1 aromatic carbocycles. The van der Waals surface area contributed by atoms with E-state index in [0.717, 1.165) is 5.56 Å². The molecule has 1 aromatic rings. The number of carboxylic acids is 1. The SMILES string of the molecule is Cc1ccc(C(CN(C)C)N2CC(C(=O)O)CC2=O)cc1. The van der Waals surface area contributed by atoms with Gasteiger partial charge in [-0.25, -0.2) is 0 Å². The van der Waals surface area contributed by atoms with Gasteiger partial charge in [0.05, 0.1) is 12.0 Å². The molecule has 2 unspecified atom stereocenters. The maximum absolute atomic E-state index is 12.2. The van der Waals surface area contributed by atoms with Gasteiger partial charge in [0.25, 0.3) is 0 Å². The molecule has 114 valence electrons. The van der Waals surface area contributed by atoms with Crippen LogP contribution in [0, 0.1) is 12.8 Å². The van der Waals surface area contributed by atoms with Crippen LogP contribution in [0.5, 0.6) is 0 Å². The van der Waals surface area contributed by atoms with Crippen molar-refractivity contribution in [3.63, 3.8) is 0 Å². The summed E-state index contributed by atoms with van der Waals surface area (Å²) in [7, 11) is 3.91. The molecular weight excluding hydrogens is 268 g/mol. The van der Waals surface area contributed by atoms with Crippen molar-refractivity contribution in [2.45, 2.75) is 19.4 Å². The molecule has 2 atom stereocenters. The topological polar surface area (TPSA) is 60.9 Å². The lowest BCUT2D eigenvalue weighted by atomic mass is 10.0. The summed E-state index contributed by atoms with van der Waals surface area (Å²) in [6.45, 7) is 2.99. The van der Waals surface area contributed by atoms with Crippen molar-refractivity contribution in [3.05, 3.63) is 35.4 Å². The zero-order chi connectivity index (χ0) is 15.6. The van der Waals surface area contributed by atoms with E-state index in [2.05, 4.69) is 0 Å². The molecule has 0 bridgehead atoms. The van der Waals surface area contributed by atoms with Crippen LogP contribution in [0.25, 0.3) is 0 Å². The maximum Gasteiger partial charge on any atom is 0.308 e. The summed E-state index contributed by atoms with van der Waals surface area (Å²) in [5, 5.41) is 9.13. The first-order valence-corrected chi connectivity index (χ1v) is 7.12. The third kappa shape index (κ3) is 3.61. The fourth-order valence-corrected chi connectivity index (χ4v) is 2.72. The average Bonchev–Trinajstić information content (AvgIpc) is 2.79. The monoisotopic (exact) mass is 290 g/mol. The van der Waals surface area contributed by atoms with Crippen LogP contribution >= 0.6 is 0 Å². The maximum atomic E-state index is 12.2. The van der Waals surface area contributed by atoms with Gasteiger partial charge in [-0.3, -0.25) is 9.59 Å². The summed E-state index contributed by atoms with van der Waals surface area (Å²) >= 11 is 0. The number of rotatable bonds is 5. The first kappa shape index (κ1) is 15.5. The summed E-state index contributed by atoms with van der Waals surface area (Å²) in [6.07, 6.45) is 0.102. The highest BCUT2D eigenvalue weighted by molar-refractivity contribution is 5.86. The van der Waals surface area contributed by atoms with Gasteiger partial charge < -0.3 is 14.9 Å². The predicted molar refractivity (Wildman–Crippen MR) is 79.9 cm³/mol. The number of hydrogen-bond acceptors (Lipinski definition) is 3. The fourth-order valence-electron chi connectivity index (χ4n) is 2.72. The number of nitrogens with zero attached hydrogens (tertiary/aromatic N) is 2. The van der Waals surface area contributed by atoms with Crippen molar-refractivity contribution >= 4 is 11.9 Å². The molecule has 1 N–H and O–H groups in total. The molecule has 0 aliphatic carbocycles. The van der Waals surface area contributed by atoms with E-state index in [1.54, 1.807) is 4.90 Å². The Labute approximate surface area is 125 Å². The number of likely N-dealkylation sites (N-methyl/N-ethyl adjacent to an activating group) is 1. The second-order valence-electron chi connectivity index (χ2n) is 5.97. The van der Waals surface area contributed by atoms with E-state index in [1.807, 2.05) is 50.2 Å². The average molecular weight is 290 g/mol. The summed E-state index contributed by atoms with van der Waals surface area (Å²) in [4.78, 5) is 27.1. The molecule has 1 aliphatic heterocycles. The van der Waals surface area contributed by atoms with E-state index in [1.165, 1.54) is 5.56 Å². The highest BCUT2D eigenvalue weighted by Crippen LogP contribution is 2.29. The van der Waals surface area contributed by atoms with Crippen molar-refractivity contribution in [1.82, 2.24) is 9.80 Å². The van der Waals surface area contributed by atoms with Crippen molar-refractivity contribution in [2.24, 2.45) is 5.92 Å². The first-order chi connectivity index (χ1) is 9.88. The molecule has 1 aliphatic rings. The van der Waals surface area contributed by atoms with Gasteiger partial charge in [-0.2, -0.15) is 0 Å². The number of benzene rings is 1. The van der Waals surface area contributed by atoms with Crippen LogP contribution in [-0.2, 0) is 9.59 Å². The molecule has 0 aromatic heterocycles. The van der Waals surface area contributed by atoms with Gasteiger partial charge >= 0.3 is 5.97 Å². The number of carbonyl (C=O) groups is 2. The van der Waals surface area contributed by atoms with Crippen LogP contribution in [0.4, 0.5) is 0 Å². The number of carbonyl (C=O) groups excluding carboxylic acids is 1. The van der Waals surface area contributed by atoms with Crippen molar-refractivity contribution in [3.8, 4) is 0 Å². The number of aryl methyl sites for hydroxylation is 1. The zero-order valence-corrected chi connectivity index (χ0v) is 12.7. The Morgan fingerprint density at radius 1 is 1.38 bits per heavy atom. The lowest BCUT2D eigenvalue weighted by Gasteiger charge is -2.31. The van der Waals surface area contributed by atoms with Gasteiger partial charge in [0.15, 0.2) is 0 Å². The van der Waals surface area contributed by atoms with E-state index in [-0.39, 0.29) is 18.4 Å². The first-order valence-electron chi connectivity index (χ1n) is 7.12. The fraction of sp³-hybridized carbons (Fsp3) is 0.500. The molecule has 1 amide bonds. The van der Waals surface area contributed by atoms with Crippen molar-refractivity contribution in [1.29, 1.82) is 0 Å². The summed E-state index contributed by atoms with van der Waals surface area (Å²) in [5.41, 5.74) is 2.22. The molecule has 1 fully saturated rings. The smallest absolute Gasteiger partial charge is 0.308 e. The Kier molecular flexibility index (Phi) is 4.63. The van der Waals surface area contributed by atoms with Gasteiger partial charge in [-0.15, -0.1) is 0 Å². The number of aliphatic carboxylic acids is 1. The van der Waals surface area contributed by atoms with E-state index < -0.39 is 11.9 Å². The van der Waals surface area contributed by atoms with E-state index in [0.29, 0.717) is 13.1 Å². The van der Waals surface area contributed by atoms with E-state index in [9.17, 15) is 9.59 Å². The number of carboxylic acid groups (broad SMARTS) is 1. The van der Waals surface area contributed by atoms with Crippen molar-refractivity contribution in [2.75, 3.05) is 27.2 Å². The Morgan fingerprint density at radius 3 is 2.48 bits per heavy atom. The van der Waals surface area contributed by atoms with Crippen LogP contribution in [0.2, 0.25) is 0 Å². The van der Waals surface area contributed by atoms with Gasteiger partial charge in [0.1, 0.15) is 0 Å². The molecule has 5 nitrogen and oxygen atoms in total. The minimum Gasteiger partial charge on any atom is -0.481 e. The minimum atomic E-state index is -0.890. The second kappa shape index (κ2) is 6.26. The Hall–Kier alpha value is -1.88. The molecule has 21 heavy (non-hydrogen) atoms. The quantitative estimate of drug-likeness (QED) is 0.893. The largest absolute Gasteiger partial charge is 0.481 e. The van der Waals surface area contributed by atoms with Crippen LogP contribution in [-0.4, -0.2) is 54.0 Å².